The van der Waals surface area contributed by atoms with Gasteiger partial charge in [-0.05, 0) is 6.42 Å². The van der Waals surface area contributed by atoms with E-state index in [9.17, 15) is 4.79 Å². The quantitative estimate of drug-likeness (QED) is 0.656. The van der Waals surface area contributed by atoms with Crippen molar-refractivity contribution in [3.8, 4) is 0 Å². The third-order valence-corrected chi connectivity index (χ3v) is 2.53. The topological polar surface area (TPSA) is 47.8 Å². The molecule has 1 aromatic rings. The molecule has 4 heteroatoms. The monoisotopic (exact) mass is 191 g/mol. The van der Waals surface area contributed by atoms with E-state index >= 15 is 0 Å². The van der Waals surface area contributed by atoms with Crippen molar-refractivity contribution in [2.45, 2.75) is 25.7 Å². The SMILES string of the molecule is Cn1ncnc1CC1=CCC(=O)CC1. The highest BCUT2D eigenvalue weighted by Crippen LogP contribution is 2.17. The molecule has 2 rings (SSSR count). The van der Waals surface area contributed by atoms with Gasteiger partial charge in [-0.1, -0.05) is 11.6 Å². The number of aryl methyl sites for hydroxylation is 1. The van der Waals surface area contributed by atoms with Gasteiger partial charge in [0.05, 0.1) is 0 Å². The fraction of sp³-hybridized carbons (Fsp3) is 0.500. The molecule has 0 spiro atoms. The van der Waals surface area contributed by atoms with Gasteiger partial charge in [-0.2, -0.15) is 5.10 Å². The van der Waals surface area contributed by atoms with E-state index in [4.69, 9.17) is 0 Å². The molecule has 0 aromatic carbocycles. The summed E-state index contributed by atoms with van der Waals surface area (Å²) in [6.07, 6.45) is 6.57. The molecule has 0 atom stereocenters. The van der Waals surface area contributed by atoms with Crippen LogP contribution in [0.25, 0.3) is 0 Å². The third kappa shape index (κ3) is 1.89. The van der Waals surface area contributed by atoms with Crippen LogP contribution in [-0.4, -0.2) is 20.5 Å². The van der Waals surface area contributed by atoms with Crippen molar-refractivity contribution in [2.24, 2.45) is 7.05 Å². The molecular formula is C10H13N3O. The Bertz CT molecular complexity index is 378. The largest absolute Gasteiger partial charge is 0.299 e. The second-order valence-corrected chi connectivity index (χ2v) is 3.58. The van der Waals surface area contributed by atoms with Crippen LogP contribution in [0.5, 0.6) is 0 Å². The maximum atomic E-state index is 11.0. The van der Waals surface area contributed by atoms with E-state index in [0.717, 1.165) is 18.7 Å². The van der Waals surface area contributed by atoms with Crippen molar-refractivity contribution in [3.63, 3.8) is 0 Å². The van der Waals surface area contributed by atoms with Gasteiger partial charge in [0, 0.05) is 26.3 Å². The van der Waals surface area contributed by atoms with Gasteiger partial charge in [-0.25, -0.2) is 4.98 Å². The Hall–Kier alpha value is -1.45. The molecule has 74 valence electrons. The van der Waals surface area contributed by atoms with E-state index < -0.39 is 0 Å². The van der Waals surface area contributed by atoms with E-state index in [-0.39, 0.29) is 0 Å². The van der Waals surface area contributed by atoms with Gasteiger partial charge in [0.2, 0.25) is 0 Å². The highest BCUT2D eigenvalue weighted by Gasteiger charge is 2.12. The van der Waals surface area contributed by atoms with Gasteiger partial charge >= 0.3 is 0 Å². The number of aromatic nitrogens is 3. The Labute approximate surface area is 82.6 Å². The highest BCUT2D eigenvalue weighted by atomic mass is 16.1. The maximum absolute atomic E-state index is 11.0. The van der Waals surface area contributed by atoms with Crippen molar-refractivity contribution in [2.75, 3.05) is 0 Å². The second kappa shape index (κ2) is 3.74. The van der Waals surface area contributed by atoms with Gasteiger partial charge in [0.1, 0.15) is 17.9 Å². The van der Waals surface area contributed by atoms with Crippen LogP contribution in [0.4, 0.5) is 0 Å². The molecule has 1 heterocycles. The minimum atomic E-state index is 0.340. The van der Waals surface area contributed by atoms with E-state index in [2.05, 4.69) is 10.1 Å². The summed E-state index contributed by atoms with van der Waals surface area (Å²) in [5.41, 5.74) is 1.31. The lowest BCUT2D eigenvalue weighted by Crippen LogP contribution is -2.08. The zero-order valence-corrected chi connectivity index (χ0v) is 8.23. The number of allylic oxidation sites excluding steroid dienone is 2. The minimum absolute atomic E-state index is 0.340. The van der Waals surface area contributed by atoms with Crippen LogP contribution in [-0.2, 0) is 18.3 Å². The van der Waals surface area contributed by atoms with E-state index in [0.29, 0.717) is 18.6 Å². The molecular weight excluding hydrogens is 178 g/mol. The number of nitrogens with zero attached hydrogens (tertiary/aromatic N) is 3. The molecule has 0 fully saturated rings. The van der Waals surface area contributed by atoms with Crippen LogP contribution in [0.1, 0.15) is 25.1 Å². The van der Waals surface area contributed by atoms with Gasteiger partial charge in [0.25, 0.3) is 0 Å². The number of carbonyl (C=O) groups excluding carboxylic acids is 1. The van der Waals surface area contributed by atoms with Crippen molar-refractivity contribution >= 4 is 5.78 Å². The van der Waals surface area contributed by atoms with Gasteiger partial charge in [-0.15, -0.1) is 0 Å². The predicted molar refractivity (Wildman–Crippen MR) is 51.6 cm³/mol. The molecule has 4 nitrogen and oxygen atoms in total. The van der Waals surface area contributed by atoms with Crippen LogP contribution >= 0.6 is 0 Å². The number of hydrogen-bond donors (Lipinski definition) is 0. The van der Waals surface area contributed by atoms with Crippen molar-refractivity contribution in [1.82, 2.24) is 14.8 Å². The van der Waals surface area contributed by atoms with Gasteiger partial charge in [-0.3, -0.25) is 9.48 Å². The second-order valence-electron chi connectivity index (χ2n) is 3.58. The van der Waals surface area contributed by atoms with Crippen molar-refractivity contribution in [3.05, 3.63) is 23.8 Å². The third-order valence-electron chi connectivity index (χ3n) is 2.53. The first-order valence-electron chi connectivity index (χ1n) is 4.78. The lowest BCUT2D eigenvalue weighted by atomic mass is 9.96. The number of hydrogen-bond acceptors (Lipinski definition) is 3. The average molecular weight is 191 g/mol. The first-order valence-corrected chi connectivity index (χ1v) is 4.78. The number of ketones is 1. The molecule has 0 bridgehead atoms. The maximum Gasteiger partial charge on any atom is 0.138 e. The Kier molecular flexibility index (Phi) is 2.43. The molecule has 0 saturated carbocycles. The minimum Gasteiger partial charge on any atom is -0.299 e. The van der Waals surface area contributed by atoms with E-state index in [1.54, 1.807) is 11.0 Å². The summed E-state index contributed by atoms with van der Waals surface area (Å²) >= 11 is 0. The number of Topliss-reactive ketones (excluding diaryl/α,β-unsaturated/α-hetero) is 1. The summed E-state index contributed by atoms with van der Waals surface area (Å²) in [4.78, 5) is 15.2. The standard InChI is InChI=1S/C10H13N3O/c1-13-10(11-7-12-13)6-8-2-4-9(14)5-3-8/h2,7H,3-6H2,1H3. The summed E-state index contributed by atoms with van der Waals surface area (Å²) in [5, 5.41) is 4.01. The molecule has 0 aliphatic heterocycles. The lowest BCUT2D eigenvalue weighted by Gasteiger charge is -2.10. The predicted octanol–water partition coefficient (Wildman–Crippen LogP) is 1.04. The summed E-state index contributed by atoms with van der Waals surface area (Å²) in [6, 6.07) is 0. The average Bonchev–Trinajstić information content (AvgIpc) is 2.56. The fourth-order valence-corrected chi connectivity index (χ4v) is 1.61. The lowest BCUT2D eigenvalue weighted by molar-refractivity contribution is -0.118. The van der Waals surface area contributed by atoms with Crippen LogP contribution in [0.3, 0.4) is 0 Å². The Morgan fingerprint density at radius 2 is 2.36 bits per heavy atom. The molecule has 14 heavy (non-hydrogen) atoms. The fourth-order valence-electron chi connectivity index (χ4n) is 1.61. The molecule has 0 N–H and O–H groups in total. The first kappa shape index (κ1) is 9.12. The van der Waals surface area contributed by atoms with Crippen LogP contribution in [0.2, 0.25) is 0 Å². The van der Waals surface area contributed by atoms with E-state index in [1.165, 1.54) is 5.57 Å². The molecule has 1 aromatic heterocycles. The highest BCUT2D eigenvalue weighted by molar-refractivity contribution is 5.81. The van der Waals surface area contributed by atoms with Crippen LogP contribution < -0.4 is 0 Å². The van der Waals surface area contributed by atoms with Gasteiger partial charge in [0.15, 0.2) is 0 Å². The Balaban J connectivity index is 2.05. The number of carbonyl (C=O) groups is 1. The molecule has 1 aliphatic carbocycles. The normalized spacial score (nSPS) is 16.9. The zero-order chi connectivity index (χ0) is 9.97. The zero-order valence-electron chi connectivity index (χ0n) is 8.23. The summed E-state index contributed by atoms with van der Waals surface area (Å²) in [7, 11) is 1.89. The molecule has 0 amide bonds. The smallest absolute Gasteiger partial charge is 0.138 e. The molecule has 1 aliphatic rings. The van der Waals surface area contributed by atoms with Gasteiger partial charge < -0.3 is 0 Å². The molecule has 0 radical (unpaired) electrons. The van der Waals surface area contributed by atoms with Crippen LogP contribution in [0, 0.1) is 0 Å². The van der Waals surface area contributed by atoms with Crippen molar-refractivity contribution < 1.29 is 4.79 Å². The van der Waals surface area contributed by atoms with Crippen molar-refractivity contribution in [1.29, 1.82) is 0 Å². The summed E-state index contributed by atoms with van der Waals surface area (Å²) < 4.78 is 1.78. The summed E-state index contributed by atoms with van der Waals surface area (Å²) in [6.45, 7) is 0. The summed E-state index contributed by atoms with van der Waals surface area (Å²) in [5.74, 6) is 1.30. The Morgan fingerprint density at radius 3 is 2.93 bits per heavy atom. The molecule has 0 unspecified atom stereocenters. The first-order chi connectivity index (χ1) is 6.75. The van der Waals surface area contributed by atoms with Crippen LogP contribution in [0.15, 0.2) is 18.0 Å². The van der Waals surface area contributed by atoms with E-state index in [1.807, 2.05) is 13.1 Å². The number of rotatable bonds is 2. The Morgan fingerprint density at radius 1 is 1.50 bits per heavy atom. The molecule has 0 saturated heterocycles.